The Hall–Kier alpha value is -2.75. The predicted molar refractivity (Wildman–Crippen MR) is 84.4 cm³/mol. The molecule has 1 aromatic heterocycles. The Kier molecular flexibility index (Phi) is 4.56. The SMILES string of the molecule is N#C[C@@H](C(=O)Nc1ccccn1)C(=O)[C@@H]1CC(=O)N(CC2CC2)C1. The fraction of sp³-hybridized carbons (Fsp3) is 0.471. The van der Waals surface area contributed by atoms with Gasteiger partial charge in [0, 0.05) is 31.6 Å². The topological polar surface area (TPSA) is 103 Å². The number of hydrogen-bond acceptors (Lipinski definition) is 5. The van der Waals surface area contributed by atoms with Crippen LogP contribution in [0.3, 0.4) is 0 Å². The molecule has 7 heteroatoms. The maximum atomic E-state index is 12.5. The lowest BCUT2D eigenvalue weighted by Crippen LogP contribution is -2.34. The van der Waals surface area contributed by atoms with Gasteiger partial charge in [-0.05, 0) is 30.9 Å². The molecule has 2 heterocycles. The van der Waals surface area contributed by atoms with Gasteiger partial charge < -0.3 is 10.2 Å². The van der Waals surface area contributed by atoms with Crippen molar-refractivity contribution in [1.29, 1.82) is 5.26 Å². The maximum Gasteiger partial charge on any atom is 0.250 e. The summed E-state index contributed by atoms with van der Waals surface area (Å²) in [5.74, 6) is -2.44. The molecule has 2 atom stereocenters. The fourth-order valence-electron chi connectivity index (χ4n) is 2.87. The molecule has 0 unspecified atom stereocenters. The summed E-state index contributed by atoms with van der Waals surface area (Å²) in [6.07, 6.45) is 3.83. The molecular formula is C17H18N4O3. The van der Waals surface area contributed by atoms with Crippen molar-refractivity contribution < 1.29 is 14.4 Å². The molecule has 124 valence electrons. The number of carbonyl (C=O) groups excluding carboxylic acids is 3. The van der Waals surface area contributed by atoms with Gasteiger partial charge in [-0.3, -0.25) is 14.4 Å². The maximum absolute atomic E-state index is 12.5. The average Bonchev–Trinajstić information content (AvgIpc) is 3.31. The number of aromatic nitrogens is 1. The first-order valence-electron chi connectivity index (χ1n) is 8.01. The van der Waals surface area contributed by atoms with Crippen molar-refractivity contribution in [2.45, 2.75) is 19.3 Å². The summed E-state index contributed by atoms with van der Waals surface area (Å²) in [5, 5.41) is 11.7. The molecule has 2 amide bonds. The molecule has 2 aliphatic rings. The Bertz CT molecular complexity index is 694. The van der Waals surface area contributed by atoms with Crippen LogP contribution in [0.4, 0.5) is 5.82 Å². The highest BCUT2D eigenvalue weighted by Gasteiger charge is 2.41. The number of amides is 2. The van der Waals surface area contributed by atoms with E-state index >= 15 is 0 Å². The first-order valence-corrected chi connectivity index (χ1v) is 8.01. The first kappa shape index (κ1) is 16.1. The van der Waals surface area contributed by atoms with Gasteiger partial charge in [0.05, 0.1) is 6.07 Å². The molecule has 3 rings (SSSR count). The van der Waals surface area contributed by atoms with Crippen molar-refractivity contribution in [1.82, 2.24) is 9.88 Å². The van der Waals surface area contributed by atoms with E-state index in [4.69, 9.17) is 0 Å². The molecule has 24 heavy (non-hydrogen) atoms. The summed E-state index contributed by atoms with van der Waals surface area (Å²) < 4.78 is 0. The third-order valence-electron chi connectivity index (χ3n) is 4.38. The zero-order chi connectivity index (χ0) is 17.1. The second-order valence-corrected chi connectivity index (χ2v) is 6.31. The van der Waals surface area contributed by atoms with Crippen LogP contribution in [0.1, 0.15) is 19.3 Å². The average molecular weight is 326 g/mol. The highest BCUT2D eigenvalue weighted by atomic mass is 16.2. The van der Waals surface area contributed by atoms with Crippen LogP contribution < -0.4 is 5.32 Å². The van der Waals surface area contributed by atoms with Gasteiger partial charge in [-0.2, -0.15) is 5.26 Å². The van der Waals surface area contributed by atoms with Crippen LogP contribution in [-0.4, -0.2) is 40.6 Å². The Morgan fingerprint density at radius 1 is 1.42 bits per heavy atom. The molecule has 2 fully saturated rings. The molecule has 1 aliphatic heterocycles. The largest absolute Gasteiger partial charge is 0.342 e. The van der Waals surface area contributed by atoms with Crippen molar-refractivity contribution in [2.75, 3.05) is 18.4 Å². The Labute approximate surface area is 139 Å². The lowest BCUT2D eigenvalue weighted by Gasteiger charge is -2.16. The number of nitrogens with one attached hydrogen (secondary N) is 1. The summed E-state index contributed by atoms with van der Waals surface area (Å²) in [5.41, 5.74) is 0. The summed E-state index contributed by atoms with van der Waals surface area (Å²) in [6, 6.07) is 6.73. The minimum Gasteiger partial charge on any atom is -0.342 e. The second kappa shape index (κ2) is 6.79. The number of nitrogens with zero attached hydrogens (tertiary/aromatic N) is 3. The number of rotatable bonds is 6. The minimum absolute atomic E-state index is 0.0675. The van der Waals surface area contributed by atoms with E-state index in [0.29, 0.717) is 19.0 Å². The third-order valence-corrected chi connectivity index (χ3v) is 4.38. The smallest absolute Gasteiger partial charge is 0.250 e. The molecule has 1 aromatic rings. The van der Waals surface area contributed by atoms with Crippen molar-refractivity contribution in [2.24, 2.45) is 17.8 Å². The molecule has 0 radical (unpaired) electrons. The lowest BCUT2D eigenvalue weighted by molar-refractivity contribution is -0.132. The highest BCUT2D eigenvalue weighted by Crippen LogP contribution is 2.32. The zero-order valence-electron chi connectivity index (χ0n) is 13.1. The molecule has 1 aliphatic carbocycles. The number of likely N-dealkylation sites (tertiary alicyclic amines) is 1. The summed E-state index contributed by atoms with van der Waals surface area (Å²) in [6.45, 7) is 0.989. The number of nitriles is 1. The van der Waals surface area contributed by atoms with Gasteiger partial charge in [0.25, 0.3) is 5.91 Å². The van der Waals surface area contributed by atoms with Crippen molar-refractivity contribution in [3.8, 4) is 6.07 Å². The summed E-state index contributed by atoms with van der Waals surface area (Å²) in [4.78, 5) is 42.3. The lowest BCUT2D eigenvalue weighted by atomic mass is 9.92. The van der Waals surface area contributed by atoms with Crippen LogP contribution in [0.2, 0.25) is 0 Å². The normalized spacial score (nSPS) is 21.2. The molecule has 7 nitrogen and oxygen atoms in total. The number of anilines is 1. The predicted octanol–water partition coefficient (Wildman–Crippen LogP) is 0.987. The van der Waals surface area contributed by atoms with E-state index in [-0.39, 0.29) is 18.1 Å². The number of ketones is 1. The van der Waals surface area contributed by atoms with Crippen LogP contribution >= 0.6 is 0 Å². The van der Waals surface area contributed by atoms with Crippen LogP contribution in [0.5, 0.6) is 0 Å². The van der Waals surface area contributed by atoms with Crippen LogP contribution in [0, 0.1) is 29.1 Å². The quantitative estimate of drug-likeness (QED) is 0.785. The van der Waals surface area contributed by atoms with E-state index in [9.17, 15) is 19.6 Å². The van der Waals surface area contributed by atoms with Gasteiger partial charge in [-0.25, -0.2) is 4.98 Å². The summed E-state index contributed by atoms with van der Waals surface area (Å²) >= 11 is 0. The third kappa shape index (κ3) is 3.59. The highest BCUT2D eigenvalue weighted by molar-refractivity contribution is 6.10. The van der Waals surface area contributed by atoms with Gasteiger partial charge in [0.15, 0.2) is 11.7 Å². The molecule has 0 bridgehead atoms. The van der Waals surface area contributed by atoms with E-state index in [1.54, 1.807) is 29.2 Å². The Morgan fingerprint density at radius 3 is 2.83 bits per heavy atom. The minimum atomic E-state index is -1.43. The first-order chi connectivity index (χ1) is 11.6. The molecule has 0 spiro atoms. The summed E-state index contributed by atoms with van der Waals surface area (Å²) in [7, 11) is 0. The number of carbonyl (C=O) groups is 3. The van der Waals surface area contributed by atoms with E-state index < -0.39 is 23.5 Å². The zero-order valence-corrected chi connectivity index (χ0v) is 13.1. The molecular weight excluding hydrogens is 308 g/mol. The Balaban J connectivity index is 1.62. The van der Waals surface area contributed by atoms with E-state index in [1.165, 1.54) is 6.20 Å². The molecule has 1 saturated heterocycles. The van der Waals surface area contributed by atoms with Crippen molar-refractivity contribution in [3.63, 3.8) is 0 Å². The second-order valence-electron chi connectivity index (χ2n) is 6.31. The van der Waals surface area contributed by atoms with Gasteiger partial charge in [-0.15, -0.1) is 0 Å². The number of hydrogen-bond donors (Lipinski definition) is 1. The van der Waals surface area contributed by atoms with Crippen LogP contribution in [0.25, 0.3) is 0 Å². The van der Waals surface area contributed by atoms with Gasteiger partial charge in [-0.1, -0.05) is 6.07 Å². The van der Waals surface area contributed by atoms with Crippen LogP contribution in [0.15, 0.2) is 24.4 Å². The standard InChI is InChI=1S/C17H18N4O3/c18-8-13(17(24)20-14-3-1-2-6-19-14)16(23)12-7-15(22)21(10-12)9-11-4-5-11/h1-3,6,11-13H,4-5,7,9-10H2,(H,19,20,24)/t12-,13-/m1/s1. The van der Waals surface area contributed by atoms with E-state index in [1.807, 2.05) is 0 Å². The number of pyridine rings is 1. The van der Waals surface area contributed by atoms with Crippen molar-refractivity contribution in [3.05, 3.63) is 24.4 Å². The van der Waals surface area contributed by atoms with E-state index in [2.05, 4.69) is 10.3 Å². The van der Waals surface area contributed by atoms with Gasteiger partial charge in [0.1, 0.15) is 5.82 Å². The van der Waals surface area contributed by atoms with Gasteiger partial charge >= 0.3 is 0 Å². The van der Waals surface area contributed by atoms with Crippen LogP contribution in [-0.2, 0) is 14.4 Å². The van der Waals surface area contributed by atoms with Crippen molar-refractivity contribution >= 4 is 23.4 Å². The Morgan fingerprint density at radius 2 is 2.21 bits per heavy atom. The van der Waals surface area contributed by atoms with E-state index in [0.717, 1.165) is 12.8 Å². The van der Waals surface area contributed by atoms with Gasteiger partial charge in [0.2, 0.25) is 5.91 Å². The molecule has 1 N–H and O–H groups in total. The number of Topliss-reactive ketones (excluding diaryl/α,β-unsaturated/α-hetero) is 1. The fourth-order valence-corrected chi connectivity index (χ4v) is 2.87. The molecule has 0 aromatic carbocycles. The monoisotopic (exact) mass is 326 g/mol. The molecule has 1 saturated carbocycles.